The van der Waals surface area contributed by atoms with E-state index in [9.17, 15) is 14.7 Å². The van der Waals surface area contributed by atoms with Crippen molar-refractivity contribution in [3.05, 3.63) is 23.8 Å². The summed E-state index contributed by atoms with van der Waals surface area (Å²) in [7, 11) is 1.49. The summed E-state index contributed by atoms with van der Waals surface area (Å²) in [4.78, 5) is 23.9. The van der Waals surface area contributed by atoms with E-state index in [0.717, 1.165) is 11.8 Å². The van der Waals surface area contributed by atoms with Crippen molar-refractivity contribution in [1.29, 1.82) is 0 Å². The molecule has 4 unspecified atom stereocenters. The van der Waals surface area contributed by atoms with Crippen LogP contribution in [0.2, 0.25) is 0 Å². The molecule has 2 bridgehead atoms. The lowest BCUT2D eigenvalue weighted by Crippen LogP contribution is -2.20. The summed E-state index contributed by atoms with van der Waals surface area (Å²) in [6, 6.07) is 4.71. The van der Waals surface area contributed by atoms with Gasteiger partial charge in [0.25, 0.3) is 0 Å². The van der Waals surface area contributed by atoms with E-state index >= 15 is 0 Å². The maximum atomic E-state index is 12.5. The predicted molar refractivity (Wildman–Crippen MR) is 79.9 cm³/mol. The van der Waals surface area contributed by atoms with Gasteiger partial charge in [-0.25, -0.2) is 4.79 Å². The van der Waals surface area contributed by atoms with Gasteiger partial charge in [-0.05, 0) is 61.1 Å². The standard InChI is InChI=1S/C17H19NO4/c1-22-10-4-5-12(11(7-10)17(20)21)18-16(19)15-13-8-2-3-9(6-8)14(13)15/h4-5,7-9,13-15H,2-3,6H2,1H3,(H,18,19)(H,20,21). The number of carbonyl (C=O) groups is 2. The lowest BCUT2D eigenvalue weighted by atomic mass is 10.0. The van der Waals surface area contributed by atoms with Gasteiger partial charge in [-0.2, -0.15) is 0 Å². The second-order valence-corrected chi connectivity index (χ2v) is 6.72. The van der Waals surface area contributed by atoms with E-state index in [-0.39, 0.29) is 17.4 Å². The Kier molecular flexibility index (Phi) is 2.93. The molecule has 22 heavy (non-hydrogen) atoms. The number of hydrogen-bond acceptors (Lipinski definition) is 3. The van der Waals surface area contributed by atoms with Crippen LogP contribution in [0.1, 0.15) is 29.6 Å². The highest BCUT2D eigenvalue weighted by atomic mass is 16.5. The van der Waals surface area contributed by atoms with Gasteiger partial charge < -0.3 is 15.2 Å². The molecule has 4 rings (SSSR count). The predicted octanol–water partition coefficient (Wildman–Crippen LogP) is 2.62. The summed E-state index contributed by atoms with van der Waals surface area (Å²) in [5, 5.41) is 12.1. The fourth-order valence-electron chi connectivity index (χ4n) is 4.83. The average Bonchev–Trinajstić information content (AvgIpc) is 2.96. The molecule has 4 atom stereocenters. The van der Waals surface area contributed by atoms with Crippen LogP contribution in [-0.4, -0.2) is 24.1 Å². The SMILES string of the molecule is COc1ccc(NC(=O)C2C3C4CCC(C4)C23)c(C(=O)O)c1. The molecule has 0 aromatic heterocycles. The van der Waals surface area contributed by atoms with Gasteiger partial charge in [-0.15, -0.1) is 0 Å². The molecule has 0 spiro atoms. The molecule has 3 aliphatic rings. The number of ether oxygens (including phenoxy) is 1. The third-order valence-electron chi connectivity index (χ3n) is 5.75. The molecule has 3 aliphatic carbocycles. The van der Waals surface area contributed by atoms with Crippen LogP contribution in [-0.2, 0) is 4.79 Å². The van der Waals surface area contributed by atoms with Gasteiger partial charge in [0.05, 0.1) is 18.4 Å². The smallest absolute Gasteiger partial charge is 0.337 e. The number of carboxylic acid groups (broad SMARTS) is 1. The fourth-order valence-corrected chi connectivity index (χ4v) is 4.83. The molecule has 0 heterocycles. The molecule has 0 radical (unpaired) electrons. The fraction of sp³-hybridized carbons (Fsp3) is 0.529. The second-order valence-electron chi connectivity index (χ2n) is 6.72. The van der Waals surface area contributed by atoms with E-state index in [1.807, 2.05) is 0 Å². The summed E-state index contributed by atoms with van der Waals surface area (Å²) in [6.07, 6.45) is 3.82. The molecule has 1 aromatic carbocycles. The van der Waals surface area contributed by atoms with Crippen molar-refractivity contribution in [2.24, 2.45) is 29.6 Å². The zero-order valence-corrected chi connectivity index (χ0v) is 12.4. The van der Waals surface area contributed by atoms with Crippen LogP contribution in [0.15, 0.2) is 18.2 Å². The van der Waals surface area contributed by atoms with Gasteiger partial charge in [-0.3, -0.25) is 4.79 Å². The molecule has 1 amide bonds. The number of rotatable bonds is 4. The number of hydrogen-bond donors (Lipinski definition) is 2. The summed E-state index contributed by atoms with van der Waals surface area (Å²) in [5.74, 6) is 2.02. The number of aromatic carboxylic acids is 1. The van der Waals surface area contributed by atoms with E-state index < -0.39 is 5.97 Å². The minimum absolute atomic E-state index is 0.0146. The van der Waals surface area contributed by atoms with Gasteiger partial charge in [0.15, 0.2) is 0 Å². The zero-order valence-electron chi connectivity index (χ0n) is 12.4. The van der Waals surface area contributed by atoms with Gasteiger partial charge >= 0.3 is 5.97 Å². The van der Waals surface area contributed by atoms with Crippen LogP contribution in [0.25, 0.3) is 0 Å². The van der Waals surface area contributed by atoms with Crippen LogP contribution in [0.3, 0.4) is 0 Å². The van der Waals surface area contributed by atoms with Gasteiger partial charge in [0.2, 0.25) is 5.91 Å². The first kappa shape index (κ1) is 13.6. The lowest BCUT2D eigenvalue weighted by Gasteiger charge is -2.12. The van der Waals surface area contributed by atoms with Crippen LogP contribution in [0.5, 0.6) is 5.75 Å². The number of nitrogens with one attached hydrogen (secondary N) is 1. The Bertz CT molecular complexity index is 640. The largest absolute Gasteiger partial charge is 0.497 e. The zero-order chi connectivity index (χ0) is 15.4. The van der Waals surface area contributed by atoms with Crippen molar-refractivity contribution in [1.82, 2.24) is 0 Å². The molecule has 116 valence electrons. The summed E-state index contributed by atoms with van der Waals surface area (Å²) < 4.78 is 5.05. The Morgan fingerprint density at radius 2 is 1.91 bits per heavy atom. The molecule has 3 fully saturated rings. The maximum Gasteiger partial charge on any atom is 0.337 e. The van der Waals surface area contributed by atoms with E-state index in [2.05, 4.69) is 5.32 Å². The minimum atomic E-state index is -1.06. The number of carbonyl (C=O) groups excluding carboxylic acids is 1. The molecule has 5 nitrogen and oxygen atoms in total. The number of anilines is 1. The van der Waals surface area contributed by atoms with Crippen molar-refractivity contribution in [3.63, 3.8) is 0 Å². The van der Waals surface area contributed by atoms with Crippen molar-refractivity contribution in [3.8, 4) is 5.75 Å². The van der Waals surface area contributed by atoms with E-state index in [1.165, 1.54) is 32.4 Å². The molecular formula is C17H19NO4. The topological polar surface area (TPSA) is 75.6 Å². The highest BCUT2D eigenvalue weighted by molar-refractivity contribution is 6.02. The van der Waals surface area contributed by atoms with Gasteiger partial charge in [0.1, 0.15) is 5.75 Å². The Hall–Kier alpha value is -2.04. The normalized spacial score (nSPS) is 34.1. The number of carboxylic acids is 1. The molecule has 3 saturated carbocycles. The van der Waals surface area contributed by atoms with Crippen LogP contribution in [0, 0.1) is 29.6 Å². The molecule has 0 aliphatic heterocycles. The second kappa shape index (κ2) is 4.73. The van der Waals surface area contributed by atoms with Crippen molar-refractivity contribution < 1.29 is 19.4 Å². The van der Waals surface area contributed by atoms with Crippen molar-refractivity contribution in [2.75, 3.05) is 12.4 Å². The highest BCUT2D eigenvalue weighted by Gasteiger charge is 2.67. The Morgan fingerprint density at radius 1 is 1.23 bits per heavy atom. The molecular weight excluding hydrogens is 282 g/mol. The summed E-state index contributed by atoms with van der Waals surface area (Å²) in [6.45, 7) is 0. The average molecular weight is 301 g/mol. The lowest BCUT2D eigenvalue weighted by molar-refractivity contribution is -0.118. The van der Waals surface area contributed by atoms with E-state index in [4.69, 9.17) is 4.74 Å². The number of benzene rings is 1. The first-order valence-electron chi connectivity index (χ1n) is 7.82. The van der Waals surface area contributed by atoms with E-state index in [1.54, 1.807) is 12.1 Å². The quantitative estimate of drug-likeness (QED) is 0.896. The van der Waals surface area contributed by atoms with Gasteiger partial charge in [0, 0.05) is 5.92 Å². The first-order valence-corrected chi connectivity index (χ1v) is 7.82. The van der Waals surface area contributed by atoms with Crippen LogP contribution < -0.4 is 10.1 Å². The number of methoxy groups -OCH3 is 1. The van der Waals surface area contributed by atoms with Crippen LogP contribution >= 0.6 is 0 Å². The molecule has 2 N–H and O–H groups in total. The van der Waals surface area contributed by atoms with Crippen LogP contribution in [0.4, 0.5) is 5.69 Å². The molecule has 1 aromatic rings. The third kappa shape index (κ3) is 1.91. The monoisotopic (exact) mass is 301 g/mol. The van der Waals surface area contributed by atoms with E-state index in [0.29, 0.717) is 23.3 Å². The Balaban J connectivity index is 1.52. The Morgan fingerprint density at radius 3 is 2.50 bits per heavy atom. The summed E-state index contributed by atoms with van der Waals surface area (Å²) >= 11 is 0. The Labute approximate surface area is 128 Å². The van der Waals surface area contributed by atoms with Gasteiger partial charge in [-0.1, -0.05) is 0 Å². The maximum absolute atomic E-state index is 12.5. The summed E-state index contributed by atoms with van der Waals surface area (Å²) in [5.41, 5.74) is 0.428. The third-order valence-corrected chi connectivity index (χ3v) is 5.75. The van der Waals surface area contributed by atoms with Crippen molar-refractivity contribution in [2.45, 2.75) is 19.3 Å². The highest BCUT2D eigenvalue weighted by Crippen LogP contribution is 2.69. The van der Waals surface area contributed by atoms with Crippen molar-refractivity contribution >= 4 is 17.6 Å². The number of fused-ring (bicyclic) bond motifs is 5. The first-order chi connectivity index (χ1) is 10.6. The number of amides is 1. The molecule has 0 saturated heterocycles. The minimum Gasteiger partial charge on any atom is -0.497 e. The molecule has 5 heteroatoms.